The molecule has 0 saturated heterocycles. The van der Waals surface area contributed by atoms with Crippen LogP contribution in [0.1, 0.15) is 11.1 Å². The first-order chi connectivity index (χ1) is 8.49. The summed E-state index contributed by atoms with van der Waals surface area (Å²) in [5.74, 6) is -1.40. The molecule has 0 saturated carbocycles. The first kappa shape index (κ1) is 12.4. The predicted octanol–water partition coefficient (Wildman–Crippen LogP) is 3.91. The molecular weight excluding hydrogens is 234 g/mol. The lowest BCUT2D eigenvalue weighted by Gasteiger charge is -2.13. The number of nitrogen functional groups attached to an aromatic ring is 1. The number of nitrogens with two attached hydrogens (primary N) is 1. The summed E-state index contributed by atoms with van der Waals surface area (Å²) in [6.07, 6.45) is 0. The van der Waals surface area contributed by atoms with Crippen molar-refractivity contribution < 1.29 is 8.78 Å². The Morgan fingerprint density at radius 1 is 1.06 bits per heavy atom. The van der Waals surface area contributed by atoms with E-state index in [2.05, 4.69) is 5.32 Å². The van der Waals surface area contributed by atoms with E-state index in [0.717, 1.165) is 23.3 Å². The first-order valence-electron chi connectivity index (χ1n) is 5.57. The second kappa shape index (κ2) is 4.64. The number of hydrogen-bond donors (Lipinski definition) is 2. The lowest BCUT2D eigenvalue weighted by atomic mass is 10.1. The average molecular weight is 248 g/mol. The molecule has 0 amide bonds. The molecular formula is C14H14F2N2. The van der Waals surface area contributed by atoms with Crippen molar-refractivity contribution in [3.05, 3.63) is 53.1 Å². The van der Waals surface area contributed by atoms with Gasteiger partial charge in [0.15, 0.2) is 11.6 Å². The quantitative estimate of drug-likeness (QED) is 0.791. The maximum atomic E-state index is 13.6. The van der Waals surface area contributed by atoms with Crippen molar-refractivity contribution >= 4 is 17.1 Å². The van der Waals surface area contributed by atoms with E-state index in [9.17, 15) is 8.78 Å². The van der Waals surface area contributed by atoms with Gasteiger partial charge in [0.1, 0.15) is 5.69 Å². The van der Waals surface area contributed by atoms with Gasteiger partial charge in [0.2, 0.25) is 0 Å². The third kappa shape index (κ3) is 2.27. The number of anilines is 3. The predicted molar refractivity (Wildman–Crippen MR) is 70.0 cm³/mol. The highest BCUT2D eigenvalue weighted by atomic mass is 19.1. The Hall–Kier alpha value is -2.10. The number of aryl methyl sites for hydroxylation is 1. The van der Waals surface area contributed by atoms with E-state index < -0.39 is 11.6 Å². The first-order valence-corrected chi connectivity index (χ1v) is 5.57. The van der Waals surface area contributed by atoms with Crippen molar-refractivity contribution in [1.29, 1.82) is 0 Å². The maximum absolute atomic E-state index is 13.6. The number of benzene rings is 2. The van der Waals surface area contributed by atoms with E-state index in [1.165, 1.54) is 0 Å². The minimum absolute atomic E-state index is 0.0662. The molecule has 2 aromatic carbocycles. The summed E-state index contributed by atoms with van der Waals surface area (Å²) >= 11 is 0. The number of nitrogens with one attached hydrogen (secondary N) is 1. The zero-order chi connectivity index (χ0) is 13.3. The zero-order valence-corrected chi connectivity index (χ0v) is 10.2. The molecule has 2 rings (SSSR count). The molecule has 4 heteroatoms. The fraction of sp³-hybridized carbons (Fsp3) is 0.143. The van der Waals surface area contributed by atoms with E-state index in [1.54, 1.807) is 6.07 Å². The molecule has 0 aliphatic heterocycles. The molecule has 0 radical (unpaired) electrons. The number of halogens is 2. The van der Waals surface area contributed by atoms with Crippen LogP contribution in [0.4, 0.5) is 25.8 Å². The minimum Gasteiger partial charge on any atom is -0.399 e. The smallest absolute Gasteiger partial charge is 0.151 e. The van der Waals surface area contributed by atoms with Crippen LogP contribution in [-0.4, -0.2) is 0 Å². The molecule has 2 aromatic rings. The SMILES string of the molecule is Cc1cccc(Nc2c(F)cc(N)cc2F)c1C. The van der Waals surface area contributed by atoms with Crippen LogP contribution in [0, 0.1) is 25.5 Å². The van der Waals surface area contributed by atoms with Crippen molar-refractivity contribution in [3.63, 3.8) is 0 Å². The standard InChI is InChI=1S/C14H14F2N2/c1-8-4-3-5-13(9(8)2)18-14-11(15)6-10(17)7-12(14)16/h3-7,18H,17H2,1-2H3. The Morgan fingerprint density at radius 3 is 2.28 bits per heavy atom. The van der Waals surface area contributed by atoms with Crippen LogP contribution in [-0.2, 0) is 0 Å². The lowest BCUT2D eigenvalue weighted by Crippen LogP contribution is -2.01. The largest absolute Gasteiger partial charge is 0.399 e. The Bertz CT molecular complexity index is 571. The molecule has 94 valence electrons. The van der Waals surface area contributed by atoms with Crippen molar-refractivity contribution in [2.24, 2.45) is 0 Å². The van der Waals surface area contributed by atoms with E-state index in [1.807, 2.05) is 26.0 Å². The van der Waals surface area contributed by atoms with Crippen LogP contribution in [0.3, 0.4) is 0 Å². The van der Waals surface area contributed by atoms with Gasteiger partial charge in [0.25, 0.3) is 0 Å². The molecule has 0 unspecified atom stereocenters. The second-order valence-electron chi connectivity index (χ2n) is 4.23. The lowest BCUT2D eigenvalue weighted by molar-refractivity contribution is 0.592. The molecule has 0 bridgehead atoms. The van der Waals surface area contributed by atoms with Gasteiger partial charge < -0.3 is 11.1 Å². The summed E-state index contributed by atoms with van der Waals surface area (Å²) < 4.78 is 27.3. The number of rotatable bonds is 2. The summed E-state index contributed by atoms with van der Waals surface area (Å²) in [6.45, 7) is 3.83. The third-order valence-electron chi connectivity index (χ3n) is 2.93. The summed E-state index contributed by atoms with van der Waals surface area (Å²) in [6, 6.07) is 7.73. The Labute approximate surface area is 104 Å². The Kier molecular flexibility index (Phi) is 3.19. The Balaban J connectivity index is 2.43. The van der Waals surface area contributed by atoms with Gasteiger partial charge in [-0.15, -0.1) is 0 Å². The maximum Gasteiger partial charge on any atom is 0.151 e. The molecule has 0 spiro atoms. The van der Waals surface area contributed by atoms with Gasteiger partial charge in [-0.25, -0.2) is 8.78 Å². The molecule has 0 heterocycles. The van der Waals surface area contributed by atoms with Gasteiger partial charge in [0, 0.05) is 11.4 Å². The molecule has 0 aliphatic carbocycles. The van der Waals surface area contributed by atoms with Gasteiger partial charge in [-0.2, -0.15) is 0 Å². The van der Waals surface area contributed by atoms with Crippen molar-refractivity contribution in [2.45, 2.75) is 13.8 Å². The molecule has 0 fully saturated rings. The van der Waals surface area contributed by atoms with Gasteiger partial charge >= 0.3 is 0 Å². The summed E-state index contributed by atoms with van der Waals surface area (Å²) in [5, 5.41) is 2.77. The topological polar surface area (TPSA) is 38.0 Å². The van der Waals surface area contributed by atoms with Gasteiger partial charge in [-0.3, -0.25) is 0 Å². The molecule has 3 N–H and O–H groups in total. The fourth-order valence-corrected chi connectivity index (χ4v) is 1.73. The van der Waals surface area contributed by atoms with Crippen LogP contribution in [0.25, 0.3) is 0 Å². The monoisotopic (exact) mass is 248 g/mol. The highest BCUT2D eigenvalue weighted by Crippen LogP contribution is 2.28. The van der Waals surface area contributed by atoms with Crippen molar-refractivity contribution in [2.75, 3.05) is 11.1 Å². The summed E-state index contributed by atoms with van der Waals surface area (Å²) in [7, 11) is 0. The minimum atomic E-state index is -0.701. The van der Waals surface area contributed by atoms with Gasteiger partial charge in [-0.05, 0) is 43.2 Å². The van der Waals surface area contributed by atoms with Crippen LogP contribution < -0.4 is 11.1 Å². The van der Waals surface area contributed by atoms with Crippen molar-refractivity contribution in [3.8, 4) is 0 Å². The molecule has 0 aromatic heterocycles. The van der Waals surface area contributed by atoms with Crippen LogP contribution in [0.5, 0.6) is 0 Å². The van der Waals surface area contributed by atoms with Crippen LogP contribution in [0.2, 0.25) is 0 Å². The third-order valence-corrected chi connectivity index (χ3v) is 2.93. The van der Waals surface area contributed by atoms with Crippen molar-refractivity contribution in [1.82, 2.24) is 0 Å². The van der Waals surface area contributed by atoms with E-state index in [4.69, 9.17) is 5.73 Å². The second-order valence-corrected chi connectivity index (χ2v) is 4.23. The summed E-state index contributed by atoms with van der Waals surface area (Å²) in [5.41, 5.74) is 7.93. The highest BCUT2D eigenvalue weighted by molar-refractivity contribution is 5.66. The highest BCUT2D eigenvalue weighted by Gasteiger charge is 2.11. The van der Waals surface area contributed by atoms with Crippen LogP contribution in [0.15, 0.2) is 30.3 Å². The number of hydrogen-bond acceptors (Lipinski definition) is 2. The molecule has 0 aliphatic rings. The zero-order valence-electron chi connectivity index (χ0n) is 10.2. The van der Waals surface area contributed by atoms with Gasteiger partial charge in [0.05, 0.1) is 0 Å². The fourth-order valence-electron chi connectivity index (χ4n) is 1.73. The van der Waals surface area contributed by atoms with Gasteiger partial charge in [-0.1, -0.05) is 12.1 Å². The van der Waals surface area contributed by atoms with E-state index in [-0.39, 0.29) is 11.4 Å². The molecule has 18 heavy (non-hydrogen) atoms. The van der Waals surface area contributed by atoms with E-state index in [0.29, 0.717) is 5.69 Å². The Morgan fingerprint density at radius 2 is 1.67 bits per heavy atom. The average Bonchev–Trinajstić information content (AvgIpc) is 2.28. The molecule has 2 nitrogen and oxygen atoms in total. The van der Waals surface area contributed by atoms with Crippen LogP contribution >= 0.6 is 0 Å². The normalized spacial score (nSPS) is 10.4. The molecule has 0 atom stereocenters. The summed E-state index contributed by atoms with van der Waals surface area (Å²) in [4.78, 5) is 0. The van der Waals surface area contributed by atoms with E-state index >= 15 is 0 Å².